The van der Waals surface area contributed by atoms with Gasteiger partial charge in [0.05, 0.1) is 11.8 Å². The Kier molecular flexibility index (Phi) is 3.43. The van der Waals surface area contributed by atoms with Gasteiger partial charge >= 0.3 is 0 Å². The summed E-state index contributed by atoms with van der Waals surface area (Å²) < 4.78 is 6.76. The summed E-state index contributed by atoms with van der Waals surface area (Å²) in [7, 11) is 0. The molecule has 1 amide bonds. The van der Waals surface area contributed by atoms with Gasteiger partial charge in [0.2, 0.25) is 0 Å². The third kappa shape index (κ3) is 2.29. The topological polar surface area (TPSA) is 77.8 Å². The first kappa shape index (κ1) is 14.3. The lowest BCUT2D eigenvalue weighted by Gasteiger charge is -2.34. The Labute approximate surface area is 138 Å². The lowest BCUT2D eigenvalue weighted by Crippen LogP contribution is -2.49. The lowest BCUT2D eigenvalue weighted by atomic mass is 10.2. The monoisotopic (exact) mass is 321 g/mol. The SMILES string of the molecule is N#Cc1c(N2CCN(C(=O)c3ccoc3)CC2)nc2ccccn12. The number of pyridine rings is 1. The maximum absolute atomic E-state index is 12.3. The lowest BCUT2D eigenvalue weighted by molar-refractivity contribution is 0.0746. The average molecular weight is 321 g/mol. The third-order valence-electron chi connectivity index (χ3n) is 4.25. The standard InChI is InChI=1S/C17H15N5O2/c18-11-14-16(19-15-3-1-2-5-22(14)15)20-6-8-21(9-7-20)17(23)13-4-10-24-12-13/h1-5,10,12H,6-9H2. The van der Waals surface area contributed by atoms with Gasteiger partial charge < -0.3 is 14.2 Å². The molecular formula is C17H15N5O2. The number of fused-ring (bicyclic) bond motifs is 1. The zero-order valence-electron chi connectivity index (χ0n) is 12.9. The Bertz CT molecular complexity index is 914. The van der Waals surface area contributed by atoms with Crippen LogP contribution in [0.4, 0.5) is 5.82 Å². The summed E-state index contributed by atoms with van der Waals surface area (Å²) in [6.45, 7) is 2.45. The van der Waals surface area contributed by atoms with E-state index in [1.165, 1.54) is 12.5 Å². The molecule has 0 N–H and O–H groups in total. The first-order valence-electron chi connectivity index (χ1n) is 7.71. The van der Waals surface area contributed by atoms with E-state index in [9.17, 15) is 10.1 Å². The molecule has 7 heteroatoms. The number of hydrogen-bond acceptors (Lipinski definition) is 5. The molecule has 120 valence electrons. The van der Waals surface area contributed by atoms with Crippen molar-refractivity contribution < 1.29 is 9.21 Å². The molecule has 3 aromatic rings. The zero-order valence-corrected chi connectivity index (χ0v) is 12.9. The first-order chi connectivity index (χ1) is 11.8. The molecule has 4 heterocycles. The van der Waals surface area contributed by atoms with E-state index >= 15 is 0 Å². The minimum atomic E-state index is -0.0288. The van der Waals surface area contributed by atoms with Crippen LogP contribution in [0.1, 0.15) is 16.1 Å². The maximum Gasteiger partial charge on any atom is 0.257 e. The molecule has 0 unspecified atom stereocenters. The molecule has 0 aliphatic carbocycles. The van der Waals surface area contributed by atoms with E-state index in [1.807, 2.05) is 24.4 Å². The molecule has 0 atom stereocenters. The minimum absolute atomic E-state index is 0.0288. The van der Waals surface area contributed by atoms with Crippen molar-refractivity contribution in [2.75, 3.05) is 31.1 Å². The highest BCUT2D eigenvalue weighted by Gasteiger charge is 2.26. The van der Waals surface area contributed by atoms with Crippen LogP contribution in [0.3, 0.4) is 0 Å². The summed E-state index contributed by atoms with van der Waals surface area (Å²) >= 11 is 0. The number of nitrogens with zero attached hydrogens (tertiary/aromatic N) is 5. The van der Waals surface area contributed by atoms with Crippen LogP contribution in [0, 0.1) is 11.3 Å². The van der Waals surface area contributed by atoms with Gasteiger partial charge in [0.15, 0.2) is 11.5 Å². The smallest absolute Gasteiger partial charge is 0.257 e. The Morgan fingerprint density at radius 2 is 2.04 bits per heavy atom. The van der Waals surface area contributed by atoms with Gasteiger partial charge in [0.1, 0.15) is 18.0 Å². The van der Waals surface area contributed by atoms with E-state index in [1.54, 1.807) is 15.4 Å². The van der Waals surface area contributed by atoms with Gasteiger partial charge in [-0.2, -0.15) is 5.26 Å². The number of aromatic nitrogens is 2. The molecule has 0 spiro atoms. The van der Waals surface area contributed by atoms with Crippen LogP contribution in [0.2, 0.25) is 0 Å². The molecule has 7 nitrogen and oxygen atoms in total. The minimum Gasteiger partial charge on any atom is -0.472 e. The van der Waals surface area contributed by atoms with E-state index < -0.39 is 0 Å². The molecular weight excluding hydrogens is 306 g/mol. The number of rotatable bonds is 2. The number of carbonyl (C=O) groups is 1. The Morgan fingerprint density at radius 3 is 2.75 bits per heavy atom. The average Bonchev–Trinajstić information content (AvgIpc) is 3.28. The predicted octanol–water partition coefficient (Wildman–Crippen LogP) is 1.76. The number of imidazole rings is 1. The summed E-state index contributed by atoms with van der Waals surface area (Å²) in [4.78, 5) is 20.8. The quantitative estimate of drug-likeness (QED) is 0.719. The largest absolute Gasteiger partial charge is 0.472 e. The van der Waals surface area contributed by atoms with Crippen LogP contribution in [0.5, 0.6) is 0 Å². The number of hydrogen-bond donors (Lipinski definition) is 0. The van der Waals surface area contributed by atoms with Crippen molar-refractivity contribution in [1.29, 1.82) is 5.26 Å². The number of carbonyl (C=O) groups excluding carboxylic acids is 1. The van der Waals surface area contributed by atoms with E-state index in [-0.39, 0.29) is 5.91 Å². The molecule has 0 radical (unpaired) electrons. The molecule has 1 aliphatic heterocycles. The molecule has 1 saturated heterocycles. The molecule has 4 rings (SSSR count). The third-order valence-corrected chi connectivity index (χ3v) is 4.25. The second-order valence-corrected chi connectivity index (χ2v) is 5.62. The van der Waals surface area contributed by atoms with Crippen molar-refractivity contribution in [3.63, 3.8) is 0 Å². The number of amides is 1. The van der Waals surface area contributed by atoms with Crippen LogP contribution >= 0.6 is 0 Å². The van der Waals surface area contributed by atoms with E-state index in [4.69, 9.17) is 4.42 Å². The molecule has 0 aromatic carbocycles. The second kappa shape index (κ2) is 5.74. The normalized spacial score (nSPS) is 14.8. The van der Waals surface area contributed by atoms with E-state index in [0.717, 1.165) is 5.65 Å². The highest BCUT2D eigenvalue weighted by atomic mass is 16.3. The Hall–Kier alpha value is -3.27. The second-order valence-electron chi connectivity index (χ2n) is 5.62. The summed E-state index contributed by atoms with van der Waals surface area (Å²) in [5, 5.41) is 9.49. The summed E-state index contributed by atoms with van der Waals surface area (Å²) in [6, 6.07) is 9.56. The van der Waals surface area contributed by atoms with Crippen LogP contribution in [0.15, 0.2) is 47.4 Å². The number of nitriles is 1. The van der Waals surface area contributed by atoms with E-state index in [0.29, 0.717) is 43.3 Å². The van der Waals surface area contributed by atoms with Crippen LogP contribution in [-0.4, -0.2) is 46.4 Å². The van der Waals surface area contributed by atoms with Gasteiger partial charge in [-0.05, 0) is 18.2 Å². The maximum atomic E-state index is 12.3. The highest BCUT2D eigenvalue weighted by molar-refractivity contribution is 5.94. The summed E-state index contributed by atoms with van der Waals surface area (Å²) in [5.41, 5.74) is 1.84. The first-order valence-corrected chi connectivity index (χ1v) is 7.71. The van der Waals surface area contributed by atoms with Gasteiger partial charge in [-0.15, -0.1) is 0 Å². The van der Waals surface area contributed by atoms with Crippen molar-refractivity contribution in [2.24, 2.45) is 0 Å². The van der Waals surface area contributed by atoms with Crippen LogP contribution in [0.25, 0.3) is 5.65 Å². The van der Waals surface area contributed by atoms with Crippen molar-refractivity contribution >= 4 is 17.4 Å². The highest BCUT2D eigenvalue weighted by Crippen LogP contribution is 2.22. The van der Waals surface area contributed by atoms with Crippen molar-refractivity contribution in [1.82, 2.24) is 14.3 Å². The number of anilines is 1. The van der Waals surface area contributed by atoms with Crippen molar-refractivity contribution in [3.05, 3.63) is 54.2 Å². The fraction of sp³-hybridized carbons (Fsp3) is 0.235. The van der Waals surface area contributed by atoms with Gasteiger partial charge in [-0.25, -0.2) is 4.98 Å². The molecule has 1 fully saturated rings. The van der Waals surface area contributed by atoms with Crippen molar-refractivity contribution in [2.45, 2.75) is 0 Å². The zero-order chi connectivity index (χ0) is 16.5. The van der Waals surface area contributed by atoms with Gasteiger partial charge in [0, 0.05) is 32.4 Å². The summed E-state index contributed by atoms with van der Waals surface area (Å²) in [6.07, 6.45) is 4.80. The molecule has 3 aromatic heterocycles. The molecule has 0 bridgehead atoms. The fourth-order valence-corrected chi connectivity index (χ4v) is 3.00. The summed E-state index contributed by atoms with van der Waals surface area (Å²) in [5.74, 6) is 0.651. The fourth-order valence-electron chi connectivity index (χ4n) is 3.00. The van der Waals surface area contributed by atoms with Crippen LogP contribution < -0.4 is 4.90 Å². The van der Waals surface area contributed by atoms with Crippen LogP contribution in [-0.2, 0) is 0 Å². The molecule has 0 saturated carbocycles. The number of piperazine rings is 1. The van der Waals surface area contributed by atoms with E-state index in [2.05, 4.69) is 16.0 Å². The number of furan rings is 1. The van der Waals surface area contributed by atoms with Gasteiger partial charge in [0.25, 0.3) is 5.91 Å². The molecule has 1 aliphatic rings. The van der Waals surface area contributed by atoms with Gasteiger partial charge in [-0.3, -0.25) is 9.20 Å². The molecule has 24 heavy (non-hydrogen) atoms. The van der Waals surface area contributed by atoms with Crippen molar-refractivity contribution in [3.8, 4) is 6.07 Å². The Morgan fingerprint density at radius 1 is 1.21 bits per heavy atom. The van der Waals surface area contributed by atoms with Gasteiger partial charge in [-0.1, -0.05) is 6.07 Å². The Balaban J connectivity index is 1.54. The predicted molar refractivity (Wildman–Crippen MR) is 86.7 cm³/mol.